The molecule has 5 nitrogen and oxygen atoms in total. The average Bonchev–Trinajstić information content (AvgIpc) is 2.66. The third-order valence-electron chi connectivity index (χ3n) is 2.25. The van der Waals surface area contributed by atoms with Gasteiger partial charge in [0, 0.05) is 18.6 Å². The number of nitrogens with two attached hydrogens (primary N) is 1. The van der Waals surface area contributed by atoms with E-state index < -0.39 is 0 Å². The molecule has 0 aliphatic rings. The average molecular weight is 203 g/mol. The number of hydrogen-bond donors (Lipinski definition) is 2. The van der Waals surface area contributed by atoms with Crippen molar-refractivity contribution >= 4 is 5.82 Å². The minimum atomic E-state index is 0.668. The highest BCUT2D eigenvalue weighted by Crippen LogP contribution is 2.06. The van der Waals surface area contributed by atoms with E-state index in [1.165, 1.54) is 0 Å². The van der Waals surface area contributed by atoms with Crippen molar-refractivity contribution in [3.05, 3.63) is 42.1 Å². The van der Waals surface area contributed by atoms with Crippen LogP contribution < -0.4 is 11.3 Å². The predicted octanol–water partition coefficient (Wildman–Crippen LogP) is 0.920. The Bertz CT molecular complexity index is 431. The van der Waals surface area contributed by atoms with Crippen molar-refractivity contribution in [3.8, 4) is 0 Å². The maximum Gasteiger partial charge on any atom is 0.139 e. The zero-order valence-corrected chi connectivity index (χ0v) is 8.51. The van der Waals surface area contributed by atoms with Crippen molar-refractivity contribution in [2.45, 2.75) is 13.5 Å². The van der Waals surface area contributed by atoms with E-state index in [1.54, 1.807) is 12.4 Å². The van der Waals surface area contributed by atoms with Gasteiger partial charge in [-0.1, -0.05) is 6.07 Å². The molecule has 0 radical (unpaired) electrons. The second kappa shape index (κ2) is 4.10. The van der Waals surface area contributed by atoms with Gasteiger partial charge in [0.2, 0.25) is 0 Å². The molecule has 78 valence electrons. The monoisotopic (exact) mass is 203 g/mol. The number of imidazole rings is 1. The predicted molar refractivity (Wildman–Crippen MR) is 58.1 cm³/mol. The molecule has 0 bridgehead atoms. The molecular formula is C10H13N5. The van der Waals surface area contributed by atoms with Gasteiger partial charge in [-0.3, -0.25) is 0 Å². The highest BCUT2D eigenvalue weighted by atomic mass is 15.2. The number of pyridine rings is 1. The fraction of sp³-hybridized carbons (Fsp3) is 0.200. The molecule has 0 saturated heterocycles. The molecule has 0 spiro atoms. The van der Waals surface area contributed by atoms with Crippen molar-refractivity contribution in [1.82, 2.24) is 14.5 Å². The van der Waals surface area contributed by atoms with Gasteiger partial charge in [-0.05, 0) is 18.6 Å². The summed E-state index contributed by atoms with van der Waals surface area (Å²) in [7, 11) is 0. The van der Waals surface area contributed by atoms with Crippen LogP contribution in [-0.4, -0.2) is 14.5 Å². The quantitative estimate of drug-likeness (QED) is 0.575. The van der Waals surface area contributed by atoms with E-state index >= 15 is 0 Å². The summed E-state index contributed by atoms with van der Waals surface area (Å²) in [5.74, 6) is 6.90. The Morgan fingerprint density at radius 1 is 1.40 bits per heavy atom. The SMILES string of the molecule is Cc1nccn1Cc1ccc(NN)nc1. The van der Waals surface area contributed by atoms with E-state index in [2.05, 4.69) is 20.0 Å². The number of rotatable bonds is 3. The summed E-state index contributed by atoms with van der Waals surface area (Å²) in [4.78, 5) is 8.29. The molecule has 2 aromatic heterocycles. The van der Waals surface area contributed by atoms with Crippen molar-refractivity contribution in [3.63, 3.8) is 0 Å². The lowest BCUT2D eigenvalue weighted by molar-refractivity contribution is 0.759. The lowest BCUT2D eigenvalue weighted by Gasteiger charge is -2.05. The molecule has 0 unspecified atom stereocenters. The standard InChI is InChI=1S/C10H13N5/c1-8-12-4-5-15(8)7-9-2-3-10(14-11)13-6-9/h2-6H,7,11H2,1H3,(H,13,14). The lowest BCUT2D eigenvalue weighted by atomic mass is 10.3. The van der Waals surface area contributed by atoms with Crippen molar-refractivity contribution in [2.24, 2.45) is 5.84 Å². The van der Waals surface area contributed by atoms with E-state index in [0.29, 0.717) is 5.82 Å². The number of aromatic nitrogens is 3. The normalized spacial score (nSPS) is 10.3. The minimum Gasteiger partial charge on any atom is -0.331 e. The minimum absolute atomic E-state index is 0.668. The molecule has 2 rings (SSSR count). The molecule has 15 heavy (non-hydrogen) atoms. The molecule has 0 fully saturated rings. The molecule has 0 atom stereocenters. The van der Waals surface area contributed by atoms with E-state index in [9.17, 15) is 0 Å². The van der Waals surface area contributed by atoms with E-state index in [0.717, 1.165) is 17.9 Å². The smallest absolute Gasteiger partial charge is 0.139 e. The Balaban J connectivity index is 2.14. The van der Waals surface area contributed by atoms with E-state index in [4.69, 9.17) is 5.84 Å². The zero-order valence-electron chi connectivity index (χ0n) is 8.51. The molecule has 5 heteroatoms. The maximum atomic E-state index is 5.23. The van der Waals surface area contributed by atoms with E-state index in [1.807, 2.05) is 25.3 Å². The second-order valence-electron chi connectivity index (χ2n) is 3.30. The van der Waals surface area contributed by atoms with Crippen LogP contribution in [0.2, 0.25) is 0 Å². The topological polar surface area (TPSA) is 68.8 Å². The Kier molecular flexibility index (Phi) is 2.64. The number of anilines is 1. The highest BCUT2D eigenvalue weighted by molar-refractivity contribution is 5.33. The number of hydrogen-bond acceptors (Lipinski definition) is 4. The molecule has 3 N–H and O–H groups in total. The van der Waals surface area contributed by atoms with Gasteiger partial charge in [-0.2, -0.15) is 0 Å². The summed E-state index contributed by atoms with van der Waals surface area (Å²) in [5.41, 5.74) is 3.61. The van der Waals surface area contributed by atoms with Crippen LogP contribution in [0.25, 0.3) is 0 Å². The summed E-state index contributed by atoms with van der Waals surface area (Å²) in [6.07, 6.45) is 5.54. The number of aryl methyl sites for hydroxylation is 1. The first kappa shape index (κ1) is 9.67. The van der Waals surface area contributed by atoms with Gasteiger partial charge < -0.3 is 9.99 Å². The summed E-state index contributed by atoms with van der Waals surface area (Å²) in [5, 5.41) is 0. The number of nitrogen functional groups attached to an aromatic ring is 1. The lowest BCUT2D eigenvalue weighted by Crippen LogP contribution is -2.08. The number of hydrazine groups is 1. The van der Waals surface area contributed by atoms with Gasteiger partial charge in [-0.15, -0.1) is 0 Å². The zero-order chi connectivity index (χ0) is 10.7. The molecule has 0 saturated carbocycles. The van der Waals surface area contributed by atoms with Crippen LogP contribution in [0.5, 0.6) is 0 Å². The van der Waals surface area contributed by atoms with E-state index in [-0.39, 0.29) is 0 Å². The highest BCUT2D eigenvalue weighted by Gasteiger charge is 1.99. The Hall–Kier alpha value is -1.88. The molecule has 0 aliphatic heterocycles. The van der Waals surface area contributed by atoms with Crippen molar-refractivity contribution in [1.29, 1.82) is 0 Å². The third kappa shape index (κ3) is 2.13. The van der Waals surface area contributed by atoms with Crippen LogP contribution in [0.1, 0.15) is 11.4 Å². The van der Waals surface area contributed by atoms with Crippen LogP contribution in [0.4, 0.5) is 5.82 Å². The first-order chi connectivity index (χ1) is 7.29. The first-order valence-electron chi connectivity index (χ1n) is 4.69. The van der Waals surface area contributed by atoms with Crippen LogP contribution in [-0.2, 0) is 6.54 Å². The van der Waals surface area contributed by atoms with Crippen LogP contribution in [0.3, 0.4) is 0 Å². The van der Waals surface area contributed by atoms with Gasteiger partial charge in [-0.25, -0.2) is 15.8 Å². The Morgan fingerprint density at radius 3 is 2.80 bits per heavy atom. The Morgan fingerprint density at radius 2 is 2.27 bits per heavy atom. The fourth-order valence-corrected chi connectivity index (χ4v) is 1.37. The summed E-state index contributed by atoms with van der Waals surface area (Å²) < 4.78 is 2.06. The first-order valence-corrected chi connectivity index (χ1v) is 4.69. The molecular weight excluding hydrogens is 190 g/mol. The van der Waals surface area contributed by atoms with Gasteiger partial charge in [0.25, 0.3) is 0 Å². The summed E-state index contributed by atoms with van der Waals surface area (Å²) in [6.45, 7) is 2.76. The number of nitrogens with zero attached hydrogens (tertiary/aromatic N) is 3. The van der Waals surface area contributed by atoms with Crippen molar-refractivity contribution in [2.75, 3.05) is 5.43 Å². The molecule has 0 aromatic carbocycles. The maximum absolute atomic E-state index is 5.23. The van der Waals surface area contributed by atoms with Gasteiger partial charge >= 0.3 is 0 Å². The molecule has 0 amide bonds. The second-order valence-corrected chi connectivity index (χ2v) is 3.30. The van der Waals surface area contributed by atoms with Crippen molar-refractivity contribution < 1.29 is 0 Å². The fourth-order valence-electron chi connectivity index (χ4n) is 1.37. The Labute approximate surface area is 87.9 Å². The van der Waals surface area contributed by atoms with Crippen LogP contribution in [0.15, 0.2) is 30.7 Å². The van der Waals surface area contributed by atoms with Crippen LogP contribution >= 0.6 is 0 Å². The molecule has 2 aromatic rings. The van der Waals surface area contributed by atoms with Crippen LogP contribution in [0, 0.1) is 6.92 Å². The van der Waals surface area contributed by atoms with Gasteiger partial charge in [0.1, 0.15) is 11.6 Å². The largest absolute Gasteiger partial charge is 0.331 e. The summed E-state index contributed by atoms with van der Waals surface area (Å²) in [6, 6.07) is 3.84. The summed E-state index contributed by atoms with van der Waals surface area (Å²) >= 11 is 0. The van der Waals surface area contributed by atoms with Gasteiger partial charge in [0.15, 0.2) is 0 Å². The molecule has 0 aliphatic carbocycles. The third-order valence-corrected chi connectivity index (χ3v) is 2.25. The number of nitrogens with one attached hydrogen (secondary N) is 1. The molecule has 2 heterocycles. The van der Waals surface area contributed by atoms with Gasteiger partial charge in [0.05, 0.1) is 6.54 Å².